The van der Waals surface area contributed by atoms with Crippen LogP contribution in [0.2, 0.25) is 0 Å². The molecule has 1 aromatic carbocycles. The fourth-order valence-electron chi connectivity index (χ4n) is 3.11. The molecule has 100 valence electrons. The van der Waals surface area contributed by atoms with E-state index in [-0.39, 0.29) is 0 Å². The summed E-state index contributed by atoms with van der Waals surface area (Å²) in [5.41, 5.74) is 2.23. The van der Waals surface area contributed by atoms with E-state index in [9.17, 15) is 5.11 Å². The second kappa shape index (κ2) is 5.75. The molecule has 1 aliphatic carbocycles. The van der Waals surface area contributed by atoms with Gasteiger partial charge in [0.25, 0.3) is 0 Å². The maximum Gasteiger partial charge on any atom is 0.0781 e. The molecule has 0 heterocycles. The third kappa shape index (κ3) is 2.86. The molecule has 1 aliphatic rings. The minimum absolute atomic E-state index is 0.398. The molecule has 0 saturated heterocycles. The summed E-state index contributed by atoms with van der Waals surface area (Å²) in [6.07, 6.45) is 4.83. The normalized spacial score (nSPS) is 25.8. The first-order valence-corrected chi connectivity index (χ1v) is 7.09. The van der Waals surface area contributed by atoms with Crippen molar-refractivity contribution in [2.45, 2.75) is 51.7 Å². The van der Waals surface area contributed by atoms with Crippen molar-refractivity contribution in [1.82, 2.24) is 0 Å². The van der Waals surface area contributed by atoms with Gasteiger partial charge in [0.1, 0.15) is 0 Å². The Bertz CT molecular complexity index is 388. The second-order valence-electron chi connectivity index (χ2n) is 5.77. The van der Waals surface area contributed by atoms with Gasteiger partial charge in [-0.05, 0) is 31.7 Å². The van der Waals surface area contributed by atoms with Crippen LogP contribution in [0.5, 0.6) is 0 Å². The van der Waals surface area contributed by atoms with Crippen LogP contribution in [0.15, 0.2) is 24.3 Å². The average molecular weight is 247 g/mol. The van der Waals surface area contributed by atoms with Crippen LogP contribution in [-0.2, 0) is 0 Å². The number of benzene rings is 1. The zero-order valence-electron chi connectivity index (χ0n) is 11.8. The first kappa shape index (κ1) is 13.4. The van der Waals surface area contributed by atoms with Crippen LogP contribution in [0.3, 0.4) is 0 Å². The molecule has 0 bridgehead atoms. The summed E-state index contributed by atoms with van der Waals surface area (Å²) in [4.78, 5) is 2.37. The van der Waals surface area contributed by atoms with E-state index < -0.39 is 6.10 Å². The van der Waals surface area contributed by atoms with Crippen molar-refractivity contribution >= 4 is 5.69 Å². The van der Waals surface area contributed by atoms with Gasteiger partial charge < -0.3 is 10.0 Å². The summed E-state index contributed by atoms with van der Waals surface area (Å²) in [6.45, 7) is 4.19. The zero-order valence-corrected chi connectivity index (χ0v) is 11.8. The molecule has 2 rings (SSSR count). The van der Waals surface area contributed by atoms with E-state index in [4.69, 9.17) is 0 Å². The number of nitrogens with zero attached hydrogens (tertiary/aromatic N) is 1. The first-order chi connectivity index (χ1) is 8.59. The lowest BCUT2D eigenvalue weighted by Crippen LogP contribution is -2.36. The van der Waals surface area contributed by atoms with Gasteiger partial charge in [0.05, 0.1) is 6.10 Å². The monoisotopic (exact) mass is 247 g/mol. The summed E-state index contributed by atoms with van der Waals surface area (Å²) >= 11 is 0. The third-order valence-corrected chi connectivity index (χ3v) is 4.22. The summed E-state index contributed by atoms with van der Waals surface area (Å²) in [5.74, 6) is 0.824. The van der Waals surface area contributed by atoms with Crippen LogP contribution in [-0.4, -0.2) is 18.2 Å². The predicted molar refractivity (Wildman–Crippen MR) is 76.9 cm³/mol. The van der Waals surface area contributed by atoms with Gasteiger partial charge in [-0.1, -0.05) is 38.0 Å². The number of hydrogen-bond donors (Lipinski definition) is 1. The van der Waals surface area contributed by atoms with Gasteiger partial charge in [-0.2, -0.15) is 0 Å². The molecule has 0 radical (unpaired) electrons. The van der Waals surface area contributed by atoms with E-state index in [0.717, 1.165) is 11.5 Å². The lowest BCUT2D eigenvalue weighted by atomic mass is 9.86. The van der Waals surface area contributed by atoms with Crippen molar-refractivity contribution in [3.63, 3.8) is 0 Å². The molecule has 0 spiro atoms. The van der Waals surface area contributed by atoms with Gasteiger partial charge in [-0.25, -0.2) is 0 Å². The fourth-order valence-corrected chi connectivity index (χ4v) is 3.11. The molecule has 18 heavy (non-hydrogen) atoms. The summed E-state index contributed by atoms with van der Waals surface area (Å²) in [5, 5.41) is 9.88. The van der Waals surface area contributed by atoms with Gasteiger partial charge in [0, 0.05) is 24.3 Å². The SMILES string of the molecule is CC1CCCC(N(C)c2ccccc2[C@H](C)O)C1. The van der Waals surface area contributed by atoms with Crippen LogP contribution in [0.4, 0.5) is 5.69 Å². The van der Waals surface area contributed by atoms with E-state index >= 15 is 0 Å². The molecule has 1 fully saturated rings. The predicted octanol–water partition coefficient (Wildman–Crippen LogP) is 3.75. The Morgan fingerprint density at radius 2 is 2.00 bits per heavy atom. The van der Waals surface area contributed by atoms with Gasteiger partial charge in [-0.3, -0.25) is 0 Å². The molecule has 1 saturated carbocycles. The zero-order chi connectivity index (χ0) is 13.1. The Hall–Kier alpha value is -1.02. The van der Waals surface area contributed by atoms with Crippen LogP contribution in [0, 0.1) is 5.92 Å². The number of para-hydroxylation sites is 1. The molecular formula is C16H25NO. The summed E-state index contributed by atoms with van der Waals surface area (Å²) < 4.78 is 0. The first-order valence-electron chi connectivity index (χ1n) is 7.09. The van der Waals surface area contributed by atoms with Crippen LogP contribution >= 0.6 is 0 Å². The topological polar surface area (TPSA) is 23.5 Å². The maximum atomic E-state index is 9.88. The summed E-state index contributed by atoms with van der Waals surface area (Å²) in [6, 6.07) is 8.84. The average Bonchev–Trinajstić information content (AvgIpc) is 2.38. The van der Waals surface area contributed by atoms with E-state index in [1.165, 1.54) is 31.4 Å². The Kier molecular flexibility index (Phi) is 4.28. The van der Waals surface area contributed by atoms with Crippen molar-refractivity contribution in [2.75, 3.05) is 11.9 Å². The molecular weight excluding hydrogens is 222 g/mol. The highest BCUT2D eigenvalue weighted by Gasteiger charge is 2.24. The minimum Gasteiger partial charge on any atom is -0.389 e. The van der Waals surface area contributed by atoms with E-state index in [1.807, 2.05) is 19.1 Å². The van der Waals surface area contributed by atoms with Gasteiger partial charge in [0.2, 0.25) is 0 Å². The fraction of sp³-hybridized carbons (Fsp3) is 0.625. The van der Waals surface area contributed by atoms with Crippen LogP contribution in [0.1, 0.15) is 51.2 Å². The highest BCUT2D eigenvalue weighted by molar-refractivity contribution is 5.54. The van der Waals surface area contributed by atoms with E-state index in [1.54, 1.807) is 0 Å². The third-order valence-electron chi connectivity index (χ3n) is 4.22. The minimum atomic E-state index is -0.398. The Morgan fingerprint density at radius 1 is 1.28 bits per heavy atom. The van der Waals surface area contributed by atoms with Crippen molar-refractivity contribution in [3.05, 3.63) is 29.8 Å². The van der Waals surface area contributed by atoms with Crippen molar-refractivity contribution in [1.29, 1.82) is 0 Å². The Labute approximate surface area is 111 Å². The standard InChI is InChI=1S/C16H25NO/c1-12-7-6-8-14(11-12)17(3)16-10-5-4-9-15(16)13(2)18/h4-5,9-10,12-14,18H,6-8,11H2,1-3H3/t12?,13-,14?/m0/s1. The molecule has 0 aromatic heterocycles. The molecule has 0 amide bonds. The van der Waals surface area contributed by atoms with E-state index in [0.29, 0.717) is 6.04 Å². The Balaban J connectivity index is 2.19. The summed E-state index contributed by atoms with van der Waals surface area (Å²) in [7, 11) is 2.17. The Morgan fingerprint density at radius 3 is 2.67 bits per heavy atom. The highest BCUT2D eigenvalue weighted by Crippen LogP contribution is 2.32. The number of rotatable bonds is 3. The number of hydrogen-bond acceptors (Lipinski definition) is 2. The van der Waals surface area contributed by atoms with Crippen LogP contribution < -0.4 is 4.90 Å². The van der Waals surface area contributed by atoms with Gasteiger partial charge in [0.15, 0.2) is 0 Å². The lowest BCUT2D eigenvalue weighted by molar-refractivity contribution is 0.199. The second-order valence-corrected chi connectivity index (χ2v) is 5.77. The number of aliphatic hydroxyl groups is 1. The molecule has 0 aliphatic heterocycles. The molecule has 1 aromatic rings. The molecule has 2 heteroatoms. The van der Waals surface area contributed by atoms with Crippen LogP contribution in [0.25, 0.3) is 0 Å². The number of anilines is 1. The molecule has 2 unspecified atom stereocenters. The molecule has 2 nitrogen and oxygen atoms in total. The maximum absolute atomic E-state index is 9.88. The quantitative estimate of drug-likeness (QED) is 0.879. The van der Waals surface area contributed by atoms with Crippen molar-refractivity contribution in [2.24, 2.45) is 5.92 Å². The molecule has 3 atom stereocenters. The van der Waals surface area contributed by atoms with E-state index in [2.05, 4.69) is 31.0 Å². The van der Waals surface area contributed by atoms with Gasteiger partial charge >= 0.3 is 0 Å². The lowest BCUT2D eigenvalue weighted by Gasteiger charge is -2.36. The van der Waals surface area contributed by atoms with Crippen molar-refractivity contribution in [3.8, 4) is 0 Å². The highest BCUT2D eigenvalue weighted by atomic mass is 16.3. The smallest absolute Gasteiger partial charge is 0.0781 e. The van der Waals surface area contributed by atoms with Crippen molar-refractivity contribution < 1.29 is 5.11 Å². The largest absolute Gasteiger partial charge is 0.389 e. The number of aliphatic hydroxyl groups excluding tert-OH is 1. The molecule has 1 N–H and O–H groups in total. The van der Waals surface area contributed by atoms with Gasteiger partial charge in [-0.15, -0.1) is 0 Å².